The van der Waals surface area contributed by atoms with Gasteiger partial charge >= 0.3 is 6.36 Å². The molecule has 10 heteroatoms. The van der Waals surface area contributed by atoms with Crippen LogP contribution in [0.2, 0.25) is 0 Å². The number of nitrogens with zero attached hydrogens (tertiary/aromatic N) is 1. The molecular formula is C25H23F3N2O4S. The van der Waals surface area contributed by atoms with Crippen LogP contribution in [0.15, 0.2) is 35.2 Å². The van der Waals surface area contributed by atoms with Crippen LogP contribution in [0.5, 0.6) is 5.75 Å². The van der Waals surface area contributed by atoms with Crippen molar-refractivity contribution < 1.29 is 32.3 Å². The average molecular weight is 505 g/mol. The van der Waals surface area contributed by atoms with Gasteiger partial charge in [0.25, 0.3) is 11.1 Å². The molecule has 2 heterocycles. The maximum absolute atomic E-state index is 13.2. The molecule has 6 nitrogen and oxygen atoms in total. The number of thioether (sulfide) groups is 1. The molecule has 1 saturated heterocycles. The number of hydrogen-bond acceptors (Lipinski definition) is 5. The highest BCUT2D eigenvalue weighted by atomic mass is 32.2. The molecule has 0 aromatic heterocycles. The van der Waals surface area contributed by atoms with E-state index in [0.717, 1.165) is 5.56 Å². The Morgan fingerprint density at radius 3 is 2.43 bits per heavy atom. The smallest absolute Gasteiger partial charge is 0.405 e. The number of fused-ring (bicyclic) bond motifs is 1. The summed E-state index contributed by atoms with van der Waals surface area (Å²) in [6, 6.07) is 7.60. The van der Waals surface area contributed by atoms with Crippen LogP contribution in [0, 0.1) is 6.92 Å². The number of rotatable bonds is 5. The Morgan fingerprint density at radius 2 is 1.83 bits per heavy atom. The minimum Gasteiger partial charge on any atom is -0.405 e. The molecule has 0 aliphatic carbocycles. The van der Waals surface area contributed by atoms with Crippen LogP contribution in [0.4, 0.5) is 23.7 Å². The first-order chi connectivity index (χ1) is 16.3. The van der Waals surface area contributed by atoms with E-state index in [1.165, 1.54) is 24.3 Å². The molecule has 0 radical (unpaired) electrons. The number of hydrogen-bond donors (Lipinski definition) is 1. The Labute approximate surface area is 204 Å². The van der Waals surface area contributed by atoms with Gasteiger partial charge < -0.3 is 9.64 Å². The number of nitrogens with one attached hydrogen (secondary N) is 1. The van der Waals surface area contributed by atoms with E-state index in [1.54, 1.807) is 17.9 Å². The van der Waals surface area contributed by atoms with Gasteiger partial charge in [0.05, 0.1) is 10.3 Å². The largest absolute Gasteiger partial charge is 0.573 e. The van der Waals surface area contributed by atoms with Gasteiger partial charge in [-0.15, -0.1) is 13.2 Å². The van der Waals surface area contributed by atoms with Crippen molar-refractivity contribution in [2.24, 2.45) is 0 Å². The van der Waals surface area contributed by atoms with Gasteiger partial charge in [-0.3, -0.25) is 19.7 Å². The number of imide groups is 1. The van der Waals surface area contributed by atoms with Crippen molar-refractivity contribution >= 4 is 40.6 Å². The van der Waals surface area contributed by atoms with Crippen molar-refractivity contribution in [2.45, 2.75) is 45.9 Å². The number of aryl methyl sites for hydroxylation is 1. The molecule has 1 fully saturated rings. The lowest BCUT2D eigenvalue weighted by atomic mass is 9.84. The minimum absolute atomic E-state index is 0.0647. The van der Waals surface area contributed by atoms with E-state index in [9.17, 15) is 27.6 Å². The number of alkyl halides is 3. The van der Waals surface area contributed by atoms with Crippen molar-refractivity contribution in [3.63, 3.8) is 0 Å². The highest BCUT2D eigenvalue weighted by Crippen LogP contribution is 2.46. The number of carbonyl (C=O) groups is 3. The van der Waals surface area contributed by atoms with Crippen LogP contribution in [0.1, 0.15) is 43.9 Å². The van der Waals surface area contributed by atoms with Crippen LogP contribution in [0.3, 0.4) is 0 Å². The molecule has 184 valence electrons. The summed E-state index contributed by atoms with van der Waals surface area (Å²) in [6.45, 7) is 7.86. The standard InChI is InChI=1S/C25H23F3N2O4S/c1-5-8-30-18-12-15(13(2)9-17(18)24(3,4)22(30)32)16-10-14(6-7-19(16)34-25(26,27)28)11-20-21(31)29-23(33)35-20/h6-7,9-12H,5,8H2,1-4H3,(H,29,31,33)/b20-11-. The third-order valence-corrected chi connectivity index (χ3v) is 6.80. The van der Waals surface area contributed by atoms with Gasteiger partial charge in [-0.05, 0) is 85.5 Å². The molecule has 35 heavy (non-hydrogen) atoms. The second kappa shape index (κ2) is 8.75. The number of anilines is 1. The fourth-order valence-electron chi connectivity index (χ4n) is 4.35. The molecule has 0 saturated carbocycles. The molecule has 0 atom stereocenters. The molecule has 2 aliphatic heterocycles. The molecule has 2 aromatic carbocycles. The normalized spacial score (nSPS) is 18.3. The topological polar surface area (TPSA) is 75.7 Å². The predicted octanol–water partition coefficient (Wildman–Crippen LogP) is 5.92. The predicted molar refractivity (Wildman–Crippen MR) is 128 cm³/mol. The van der Waals surface area contributed by atoms with Crippen LogP contribution in [0.25, 0.3) is 17.2 Å². The molecule has 2 aliphatic rings. The lowest BCUT2D eigenvalue weighted by Gasteiger charge is -2.20. The van der Waals surface area contributed by atoms with Crippen LogP contribution < -0.4 is 15.0 Å². The monoisotopic (exact) mass is 504 g/mol. The van der Waals surface area contributed by atoms with E-state index < -0.39 is 28.7 Å². The van der Waals surface area contributed by atoms with E-state index in [0.29, 0.717) is 47.1 Å². The average Bonchev–Trinajstić information content (AvgIpc) is 3.16. The van der Waals surface area contributed by atoms with Crippen LogP contribution >= 0.6 is 11.8 Å². The molecular weight excluding hydrogens is 481 g/mol. The molecule has 2 aromatic rings. The highest BCUT2D eigenvalue weighted by molar-refractivity contribution is 8.18. The third kappa shape index (κ3) is 4.67. The fourth-order valence-corrected chi connectivity index (χ4v) is 5.03. The summed E-state index contributed by atoms with van der Waals surface area (Å²) in [5.74, 6) is -1.04. The zero-order valence-electron chi connectivity index (χ0n) is 19.5. The zero-order valence-corrected chi connectivity index (χ0v) is 20.3. The Kier molecular flexibility index (Phi) is 6.21. The van der Waals surface area contributed by atoms with E-state index in [4.69, 9.17) is 0 Å². The summed E-state index contributed by atoms with van der Waals surface area (Å²) in [7, 11) is 0. The van der Waals surface area contributed by atoms with E-state index >= 15 is 0 Å². The summed E-state index contributed by atoms with van der Waals surface area (Å²) >= 11 is 0.716. The fraction of sp³-hybridized carbons (Fsp3) is 0.320. The zero-order chi connectivity index (χ0) is 25.7. The molecule has 4 rings (SSSR count). The van der Waals surface area contributed by atoms with Crippen LogP contribution in [-0.2, 0) is 15.0 Å². The van der Waals surface area contributed by atoms with Gasteiger partial charge in [0.2, 0.25) is 5.91 Å². The molecule has 3 amide bonds. The SMILES string of the molecule is CCCN1C(=O)C(C)(C)c2cc(C)c(-c3cc(/C=C4\SC(=O)NC4=O)ccc3OC(F)(F)F)cc21. The number of amides is 3. The highest BCUT2D eigenvalue weighted by Gasteiger charge is 2.44. The quantitative estimate of drug-likeness (QED) is 0.512. The third-order valence-electron chi connectivity index (χ3n) is 5.99. The molecule has 0 unspecified atom stereocenters. The Morgan fingerprint density at radius 1 is 1.11 bits per heavy atom. The first kappa shape index (κ1) is 24.8. The Hall–Kier alpha value is -3.27. The van der Waals surface area contributed by atoms with Crippen molar-refractivity contribution in [1.29, 1.82) is 0 Å². The van der Waals surface area contributed by atoms with Crippen LogP contribution in [-0.4, -0.2) is 30.0 Å². The minimum atomic E-state index is -4.92. The number of ether oxygens (including phenoxy) is 1. The molecule has 0 spiro atoms. The number of benzene rings is 2. The van der Waals surface area contributed by atoms with E-state index in [1.807, 2.05) is 26.8 Å². The van der Waals surface area contributed by atoms with Gasteiger partial charge in [0, 0.05) is 17.8 Å². The first-order valence-electron chi connectivity index (χ1n) is 10.9. The summed E-state index contributed by atoms with van der Waals surface area (Å²) in [4.78, 5) is 38.3. The van der Waals surface area contributed by atoms with E-state index in [-0.39, 0.29) is 16.4 Å². The molecule has 1 N–H and O–H groups in total. The van der Waals surface area contributed by atoms with Gasteiger partial charge in [-0.1, -0.05) is 19.1 Å². The Bertz CT molecular complexity index is 1280. The van der Waals surface area contributed by atoms with Gasteiger partial charge in [-0.25, -0.2) is 0 Å². The lowest BCUT2D eigenvalue weighted by molar-refractivity contribution is -0.274. The number of carbonyl (C=O) groups excluding carboxylic acids is 3. The van der Waals surface area contributed by atoms with Crippen molar-refractivity contribution in [3.05, 3.63) is 51.9 Å². The first-order valence-corrected chi connectivity index (χ1v) is 11.8. The second-order valence-electron chi connectivity index (χ2n) is 8.92. The van der Waals surface area contributed by atoms with Gasteiger partial charge in [-0.2, -0.15) is 0 Å². The maximum Gasteiger partial charge on any atom is 0.573 e. The number of halogens is 3. The summed E-state index contributed by atoms with van der Waals surface area (Å²) < 4.78 is 44.0. The van der Waals surface area contributed by atoms with Crippen molar-refractivity contribution in [1.82, 2.24) is 5.32 Å². The molecule has 0 bridgehead atoms. The van der Waals surface area contributed by atoms with Gasteiger partial charge in [0.15, 0.2) is 0 Å². The second-order valence-corrected chi connectivity index (χ2v) is 9.94. The van der Waals surface area contributed by atoms with Crippen molar-refractivity contribution in [3.8, 4) is 16.9 Å². The lowest BCUT2D eigenvalue weighted by Crippen LogP contribution is -2.36. The summed E-state index contributed by atoms with van der Waals surface area (Å²) in [5.41, 5.74) is 2.42. The van der Waals surface area contributed by atoms with E-state index in [2.05, 4.69) is 10.1 Å². The summed E-state index contributed by atoms with van der Waals surface area (Å²) in [6.07, 6.45) is -2.77. The maximum atomic E-state index is 13.2. The Balaban J connectivity index is 1.89. The summed E-state index contributed by atoms with van der Waals surface area (Å²) in [5, 5.41) is 1.63. The van der Waals surface area contributed by atoms with Crippen molar-refractivity contribution in [2.75, 3.05) is 11.4 Å². The van der Waals surface area contributed by atoms with Gasteiger partial charge in [0.1, 0.15) is 5.75 Å².